The Balaban J connectivity index is 1.97. The van der Waals surface area contributed by atoms with Crippen LogP contribution in [0.2, 0.25) is 0 Å². The van der Waals surface area contributed by atoms with Crippen molar-refractivity contribution in [3.63, 3.8) is 0 Å². The van der Waals surface area contributed by atoms with E-state index in [9.17, 15) is 4.79 Å². The number of likely N-dealkylation sites (N-methyl/N-ethyl adjacent to an activating group) is 1. The largest absolute Gasteiger partial charge is 0.444 e. The lowest BCUT2D eigenvalue weighted by Crippen LogP contribution is -2.45. The number of carbonyl (C=O) groups is 1. The van der Waals surface area contributed by atoms with Gasteiger partial charge in [-0.2, -0.15) is 0 Å². The number of hydrogen-bond donors (Lipinski definition) is 1. The van der Waals surface area contributed by atoms with Gasteiger partial charge in [-0.05, 0) is 33.6 Å². The van der Waals surface area contributed by atoms with E-state index in [0.29, 0.717) is 11.5 Å². The van der Waals surface area contributed by atoms with Gasteiger partial charge in [-0.1, -0.05) is 0 Å². The fourth-order valence-corrected chi connectivity index (χ4v) is 2.47. The number of nitrogens with zero attached hydrogens (tertiary/aromatic N) is 1. The summed E-state index contributed by atoms with van der Waals surface area (Å²) in [4.78, 5) is 13.7. The zero-order chi connectivity index (χ0) is 12.0. The summed E-state index contributed by atoms with van der Waals surface area (Å²) in [6.07, 6.45) is 2.27. The first kappa shape index (κ1) is 11.7. The summed E-state index contributed by atoms with van der Waals surface area (Å²) in [5, 5.41) is 3.37. The molecule has 16 heavy (non-hydrogen) atoms. The maximum Gasteiger partial charge on any atom is 0.410 e. The highest BCUT2D eigenvalue weighted by Gasteiger charge is 2.54. The van der Waals surface area contributed by atoms with Gasteiger partial charge in [-0.15, -0.1) is 0 Å². The summed E-state index contributed by atoms with van der Waals surface area (Å²) < 4.78 is 5.39. The van der Waals surface area contributed by atoms with Gasteiger partial charge in [0.05, 0.1) is 6.04 Å². The van der Waals surface area contributed by atoms with Gasteiger partial charge in [-0.3, -0.25) is 0 Å². The predicted octanol–water partition coefficient (Wildman–Crippen LogP) is 1.61. The van der Waals surface area contributed by atoms with E-state index in [0.717, 1.165) is 13.1 Å². The van der Waals surface area contributed by atoms with E-state index in [1.54, 1.807) is 4.90 Å². The fraction of sp³-hybridized carbons (Fsp3) is 0.917. The lowest BCUT2D eigenvalue weighted by molar-refractivity contribution is 0.0189. The van der Waals surface area contributed by atoms with Crippen molar-refractivity contribution in [2.24, 2.45) is 5.41 Å². The smallest absolute Gasteiger partial charge is 0.410 e. The monoisotopic (exact) mass is 226 g/mol. The molecule has 1 aliphatic carbocycles. The van der Waals surface area contributed by atoms with Gasteiger partial charge in [-0.25, -0.2) is 4.79 Å². The minimum atomic E-state index is -0.409. The molecule has 2 rings (SSSR count). The van der Waals surface area contributed by atoms with E-state index in [1.165, 1.54) is 12.8 Å². The van der Waals surface area contributed by atoms with Crippen LogP contribution in [0.15, 0.2) is 0 Å². The molecule has 4 heteroatoms. The van der Waals surface area contributed by atoms with E-state index in [2.05, 4.69) is 5.32 Å². The average Bonchev–Trinajstić information content (AvgIpc) is 2.75. The second-order valence-electron chi connectivity index (χ2n) is 6.10. The number of carbonyl (C=O) groups excluding carboxylic acids is 1. The Labute approximate surface area is 97.3 Å². The third kappa shape index (κ3) is 2.17. The highest BCUT2D eigenvalue weighted by atomic mass is 16.6. The van der Waals surface area contributed by atoms with Crippen LogP contribution in [-0.4, -0.2) is 42.8 Å². The highest BCUT2D eigenvalue weighted by Crippen LogP contribution is 2.52. The highest BCUT2D eigenvalue weighted by molar-refractivity contribution is 5.68. The molecule has 0 bridgehead atoms. The molecule has 1 spiro atoms. The van der Waals surface area contributed by atoms with E-state index in [1.807, 2.05) is 27.8 Å². The molecule has 2 fully saturated rings. The number of rotatable bonds is 1. The second kappa shape index (κ2) is 3.62. The first-order chi connectivity index (χ1) is 7.34. The molecule has 1 atom stereocenters. The molecule has 4 nitrogen and oxygen atoms in total. The topological polar surface area (TPSA) is 41.6 Å². The van der Waals surface area contributed by atoms with Gasteiger partial charge in [0.1, 0.15) is 5.60 Å². The molecule has 1 amide bonds. The molecule has 1 saturated heterocycles. The number of nitrogens with one attached hydrogen (secondary N) is 1. The first-order valence-corrected chi connectivity index (χ1v) is 6.01. The van der Waals surface area contributed by atoms with Gasteiger partial charge in [0.25, 0.3) is 0 Å². The summed E-state index contributed by atoms with van der Waals surface area (Å²) in [6, 6.07) is 0.308. The fourth-order valence-electron chi connectivity index (χ4n) is 2.47. The van der Waals surface area contributed by atoms with Gasteiger partial charge in [0.2, 0.25) is 0 Å². The Kier molecular flexibility index (Phi) is 2.65. The summed E-state index contributed by atoms with van der Waals surface area (Å²) in [6.45, 7) is 7.65. The Morgan fingerprint density at radius 3 is 2.56 bits per heavy atom. The van der Waals surface area contributed by atoms with Crippen molar-refractivity contribution in [1.29, 1.82) is 0 Å². The Morgan fingerprint density at radius 1 is 1.44 bits per heavy atom. The van der Waals surface area contributed by atoms with Crippen molar-refractivity contribution in [2.45, 2.75) is 45.3 Å². The molecule has 1 N–H and O–H groups in total. The third-order valence-corrected chi connectivity index (χ3v) is 3.56. The lowest BCUT2D eigenvalue weighted by atomic mass is 10.00. The van der Waals surface area contributed by atoms with Gasteiger partial charge in [0, 0.05) is 25.6 Å². The first-order valence-electron chi connectivity index (χ1n) is 6.01. The van der Waals surface area contributed by atoms with Gasteiger partial charge >= 0.3 is 6.09 Å². The molecule has 1 heterocycles. The van der Waals surface area contributed by atoms with E-state index in [-0.39, 0.29) is 6.09 Å². The van der Waals surface area contributed by atoms with Gasteiger partial charge in [0.15, 0.2) is 0 Å². The molecule has 0 radical (unpaired) electrons. The number of amides is 1. The number of ether oxygens (including phenoxy) is 1. The van der Waals surface area contributed by atoms with Crippen LogP contribution in [0.3, 0.4) is 0 Å². The molecule has 1 aliphatic heterocycles. The van der Waals surface area contributed by atoms with Crippen LogP contribution < -0.4 is 5.32 Å². The van der Waals surface area contributed by atoms with Crippen molar-refractivity contribution >= 4 is 6.09 Å². The van der Waals surface area contributed by atoms with Crippen molar-refractivity contribution in [3.8, 4) is 0 Å². The van der Waals surface area contributed by atoms with Crippen LogP contribution in [0, 0.1) is 5.41 Å². The zero-order valence-corrected chi connectivity index (χ0v) is 10.7. The van der Waals surface area contributed by atoms with Crippen molar-refractivity contribution in [2.75, 3.05) is 20.1 Å². The van der Waals surface area contributed by atoms with Crippen LogP contribution in [-0.2, 0) is 4.74 Å². The van der Waals surface area contributed by atoms with E-state index < -0.39 is 5.60 Å². The van der Waals surface area contributed by atoms with Crippen molar-refractivity contribution in [1.82, 2.24) is 10.2 Å². The summed E-state index contributed by atoms with van der Waals surface area (Å²) in [5.74, 6) is 0. The minimum absolute atomic E-state index is 0.201. The molecule has 0 unspecified atom stereocenters. The molecule has 2 aliphatic rings. The summed E-state index contributed by atoms with van der Waals surface area (Å²) in [7, 11) is 1.85. The molecule has 0 aromatic heterocycles. The molecule has 92 valence electrons. The lowest BCUT2D eigenvalue weighted by Gasteiger charge is -2.31. The second-order valence-corrected chi connectivity index (χ2v) is 6.10. The predicted molar refractivity (Wildman–Crippen MR) is 62.3 cm³/mol. The third-order valence-electron chi connectivity index (χ3n) is 3.56. The summed E-state index contributed by atoms with van der Waals surface area (Å²) >= 11 is 0. The molecular formula is C12H22N2O2. The maximum atomic E-state index is 11.9. The van der Waals surface area contributed by atoms with Crippen LogP contribution in [0.1, 0.15) is 33.6 Å². The van der Waals surface area contributed by atoms with Crippen LogP contribution in [0.25, 0.3) is 0 Å². The molecular weight excluding hydrogens is 204 g/mol. The van der Waals surface area contributed by atoms with Gasteiger partial charge < -0.3 is 15.0 Å². The van der Waals surface area contributed by atoms with Crippen molar-refractivity contribution < 1.29 is 9.53 Å². The molecule has 0 aromatic rings. The SMILES string of the molecule is CN(C(=O)OC(C)(C)C)[C@H]1CNCC12CC2. The molecule has 0 aromatic carbocycles. The standard InChI is InChI=1S/C12H22N2O2/c1-11(2,3)16-10(15)14(4)9-7-13-8-12(9)5-6-12/h9,13H,5-8H2,1-4H3/t9-/m0/s1. The normalized spacial score (nSPS) is 26.9. The molecule has 1 saturated carbocycles. The van der Waals surface area contributed by atoms with Crippen molar-refractivity contribution in [3.05, 3.63) is 0 Å². The van der Waals surface area contributed by atoms with E-state index >= 15 is 0 Å². The van der Waals surface area contributed by atoms with Crippen LogP contribution in [0.4, 0.5) is 4.79 Å². The average molecular weight is 226 g/mol. The quantitative estimate of drug-likeness (QED) is 0.738. The number of hydrogen-bond acceptors (Lipinski definition) is 3. The van der Waals surface area contributed by atoms with Crippen LogP contribution in [0.5, 0.6) is 0 Å². The Morgan fingerprint density at radius 2 is 2.06 bits per heavy atom. The Bertz CT molecular complexity index is 292. The minimum Gasteiger partial charge on any atom is -0.444 e. The summed E-state index contributed by atoms with van der Waals surface area (Å²) in [5.41, 5.74) is -0.0558. The van der Waals surface area contributed by atoms with Crippen LogP contribution >= 0.6 is 0 Å². The van der Waals surface area contributed by atoms with E-state index in [4.69, 9.17) is 4.74 Å². The maximum absolute atomic E-state index is 11.9. The zero-order valence-electron chi connectivity index (χ0n) is 10.7. The Hall–Kier alpha value is -0.770.